The Morgan fingerprint density at radius 2 is 0.921 bits per heavy atom. The van der Waals surface area contributed by atoms with Crippen molar-refractivity contribution in [1.29, 1.82) is 0 Å². The smallest absolute Gasteiger partial charge is 0.0806 e. The van der Waals surface area contributed by atoms with Crippen molar-refractivity contribution in [2.45, 2.75) is 0 Å². The van der Waals surface area contributed by atoms with Crippen molar-refractivity contribution in [3.63, 3.8) is 0 Å². The lowest BCUT2D eigenvalue weighted by atomic mass is 9.79. The summed E-state index contributed by atoms with van der Waals surface area (Å²) in [7, 11) is 7.04. The summed E-state index contributed by atoms with van der Waals surface area (Å²) in [6.07, 6.45) is 0. The van der Waals surface area contributed by atoms with Gasteiger partial charge in [-0.1, -0.05) is 103 Å². The fraction of sp³-hybridized carbons (Fsp3) is 0. The van der Waals surface area contributed by atoms with E-state index in [0.29, 0.717) is 0 Å². The molecule has 0 saturated heterocycles. The average Bonchev–Trinajstić information content (AvgIpc) is 2.97. The van der Waals surface area contributed by atoms with Crippen molar-refractivity contribution in [1.82, 2.24) is 0 Å². The molecule has 0 fully saturated rings. The highest BCUT2D eigenvalue weighted by atomic mass is 79.9. The molecule has 0 N–H and O–H groups in total. The number of hydrogen-bond donors (Lipinski definition) is 0. The Hall–Kier alpha value is -4.14. The van der Waals surface area contributed by atoms with Crippen LogP contribution in [0.25, 0.3) is 75.8 Å². The third-order valence-corrected chi connectivity index (χ3v) is 8.87. The zero-order valence-corrected chi connectivity index (χ0v) is 22.1. The van der Waals surface area contributed by atoms with Crippen LogP contribution in [0.15, 0.2) is 126 Å². The number of fused-ring (bicyclic) bond motifs is 8. The highest BCUT2D eigenvalue weighted by molar-refractivity contribution is 9.10. The summed E-state index contributed by atoms with van der Waals surface area (Å²) in [5.74, 6) is 0. The Morgan fingerprint density at radius 3 is 1.66 bits per heavy atom. The maximum atomic E-state index is 7.04. The Kier molecular flexibility index (Phi) is 4.72. The maximum absolute atomic E-state index is 7.04. The van der Waals surface area contributed by atoms with Crippen molar-refractivity contribution in [2.75, 3.05) is 0 Å². The van der Waals surface area contributed by atoms with Crippen LogP contribution in [0.4, 0.5) is 0 Å². The molecule has 8 aromatic carbocycles. The van der Waals surface area contributed by atoms with E-state index in [1.165, 1.54) is 59.6 Å². The van der Waals surface area contributed by atoms with Crippen molar-refractivity contribution in [2.24, 2.45) is 0 Å². The van der Waals surface area contributed by atoms with Gasteiger partial charge in [-0.2, -0.15) is 0 Å². The van der Waals surface area contributed by atoms with Crippen LogP contribution in [0, 0.1) is 0 Å². The maximum Gasteiger partial charge on any atom is 0.115 e. The Balaban J connectivity index is 1.62. The molecule has 174 valence electrons. The Bertz CT molecular complexity index is 2260. The Labute approximate surface area is 230 Å². The summed E-state index contributed by atoms with van der Waals surface area (Å²) < 4.78 is 1.13. The largest absolute Gasteiger partial charge is 0.115 e. The Morgan fingerprint density at radius 1 is 0.395 bits per heavy atom. The molecule has 0 unspecified atom stereocenters. The van der Waals surface area contributed by atoms with E-state index in [-0.39, 0.29) is 0 Å². The SMILES string of the molecule is [B]c1c2ccccc2cc2c1c(-c1cc3c(Br)c4ccccc4cc3c3ccccc13)cc1ccccc12. The molecule has 0 aliphatic heterocycles. The van der Waals surface area contributed by atoms with E-state index in [4.69, 9.17) is 7.85 Å². The van der Waals surface area contributed by atoms with Gasteiger partial charge in [-0.05, 0) is 116 Å². The van der Waals surface area contributed by atoms with Crippen molar-refractivity contribution in [3.8, 4) is 11.1 Å². The third kappa shape index (κ3) is 3.04. The van der Waals surface area contributed by atoms with Gasteiger partial charge in [-0.25, -0.2) is 0 Å². The van der Waals surface area contributed by atoms with Gasteiger partial charge in [-0.3, -0.25) is 0 Å². The first kappa shape index (κ1) is 21.9. The zero-order valence-electron chi connectivity index (χ0n) is 20.5. The highest BCUT2D eigenvalue weighted by Crippen LogP contribution is 2.44. The van der Waals surface area contributed by atoms with E-state index in [1.807, 2.05) is 0 Å². The normalized spacial score (nSPS) is 11.9. The minimum Gasteiger partial charge on any atom is -0.0806 e. The van der Waals surface area contributed by atoms with Gasteiger partial charge in [0.2, 0.25) is 0 Å². The number of rotatable bonds is 1. The topological polar surface area (TPSA) is 0 Å². The molecule has 2 heteroatoms. The van der Waals surface area contributed by atoms with Gasteiger partial charge < -0.3 is 0 Å². The molecular weight excluding hydrogens is 523 g/mol. The van der Waals surface area contributed by atoms with Gasteiger partial charge >= 0.3 is 0 Å². The van der Waals surface area contributed by atoms with Crippen LogP contribution >= 0.6 is 15.9 Å². The van der Waals surface area contributed by atoms with E-state index in [1.54, 1.807) is 0 Å². The second-order valence-electron chi connectivity index (χ2n) is 10.1. The molecule has 0 spiro atoms. The molecule has 0 aromatic heterocycles. The highest BCUT2D eigenvalue weighted by Gasteiger charge is 2.17. The first-order valence-electron chi connectivity index (χ1n) is 12.8. The van der Waals surface area contributed by atoms with E-state index < -0.39 is 0 Å². The first-order chi connectivity index (χ1) is 18.7. The molecule has 8 rings (SSSR count). The third-order valence-electron chi connectivity index (χ3n) is 8.02. The monoisotopic (exact) mass is 542 g/mol. The molecule has 0 bridgehead atoms. The first-order valence-corrected chi connectivity index (χ1v) is 13.6. The number of halogens is 1. The second-order valence-corrected chi connectivity index (χ2v) is 10.8. The molecule has 38 heavy (non-hydrogen) atoms. The molecule has 0 nitrogen and oxygen atoms in total. The van der Waals surface area contributed by atoms with E-state index in [0.717, 1.165) is 26.1 Å². The molecule has 0 heterocycles. The fourth-order valence-electron chi connectivity index (χ4n) is 6.27. The van der Waals surface area contributed by atoms with Crippen LogP contribution in [0.5, 0.6) is 0 Å². The van der Waals surface area contributed by atoms with E-state index in [9.17, 15) is 0 Å². The van der Waals surface area contributed by atoms with Gasteiger partial charge in [0.05, 0.1) is 0 Å². The molecule has 2 radical (unpaired) electrons. The van der Waals surface area contributed by atoms with Gasteiger partial charge in [-0.15, -0.1) is 0 Å². The van der Waals surface area contributed by atoms with Crippen LogP contribution in [0.2, 0.25) is 0 Å². The summed E-state index contributed by atoms with van der Waals surface area (Å²) in [4.78, 5) is 0. The van der Waals surface area contributed by atoms with Gasteiger partial charge in [0.1, 0.15) is 7.85 Å². The van der Waals surface area contributed by atoms with Gasteiger partial charge in [0.25, 0.3) is 0 Å². The zero-order chi connectivity index (χ0) is 25.4. The van der Waals surface area contributed by atoms with Crippen molar-refractivity contribution < 1.29 is 0 Å². The summed E-state index contributed by atoms with van der Waals surface area (Å²) >= 11 is 3.99. The average molecular weight is 543 g/mol. The summed E-state index contributed by atoms with van der Waals surface area (Å²) in [5.41, 5.74) is 3.20. The molecule has 0 aliphatic rings. The molecular formula is C36H20BBr. The molecule has 0 saturated carbocycles. The van der Waals surface area contributed by atoms with Crippen LogP contribution in [0.3, 0.4) is 0 Å². The van der Waals surface area contributed by atoms with E-state index in [2.05, 4.69) is 137 Å². The summed E-state index contributed by atoms with van der Waals surface area (Å²) in [6, 6.07) is 43.7. The summed E-state index contributed by atoms with van der Waals surface area (Å²) in [6.45, 7) is 0. The quantitative estimate of drug-likeness (QED) is 0.110. The van der Waals surface area contributed by atoms with Crippen LogP contribution in [-0.2, 0) is 0 Å². The predicted molar refractivity (Wildman–Crippen MR) is 170 cm³/mol. The van der Waals surface area contributed by atoms with Crippen LogP contribution in [-0.4, -0.2) is 7.85 Å². The minimum atomic E-state index is 0.834. The number of hydrogen-bond acceptors (Lipinski definition) is 0. The summed E-state index contributed by atoms with van der Waals surface area (Å²) in [5, 5.41) is 14.4. The predicted octanol–water partition coefficient (Wildman–Crippen LogP) is 9.83. The lowest BCUT2D eigenvalue weighted by Crippen LogP contribution is -2.08. The van der Waals surface area contributed by atoms with Crippen molar-refractivity contribution >= 4 is 93.9 Å². The fourth-order valence-corrected chi connectivity index (χ4v) is 6.96. The number of benzene rings is 8. The van der Waals surface area contributed by atoms with Crippen LogP contribution in [0.1, 0.15) is 0 Å². The molecule has 0 atom stereocenters. The van der Waals surface area contributed by atoms with Gasteiger partial charge in [0.15, 0.2) is 0 Å². The molecule has 8 aromatic rings. The minimum absolute atomic E-state index is 0.834. The van der Waals surface area contributed by atoms with Crippen molar-refractivity contribution in [3.05, 3.63) is 126 Å². The lowest BCUT2D eigenvalue weighted by Gasteiger charge is -2.19. The second kappa shape index (κ2) is 8.18. The van der Waals surface area contributed by atoms with E-state index >= 15 is 0 Å². The molecule has 0 amide bonds. The standard InChI is InChI=1S/C36H20BBr/c37-35-25-13-5-2-10-22(25)19-31-24-12-4-1-9-21(24)18-32(34(31)35)30-20-33-29(27-15-7-8-16-28(27)30)17-23-11-3-6-14-26(23)36(33)38/h1-20H. The van der Waals surface area contributed by atoms with Crippen LogP contribution < -0.4 is 5.46 Å². The molecule has 0 aliphatic carbocycles. The van der Waals surface area contributed by atoms with Gasteiger partial charge in [0, 0.05) is 4.47 Å². The lowest BCUT2D eigenvalue weighted by molar-refractivity contribution is 1.72.